The minimum Gasteiger partial charge on any atom is -0.476 e. The van der Waals surface area contributed by atoms with E-state index in [9.17, 15) is 4.79 Å². The number of rotatable bonds is 4. The highest BCUT2D eigenvalue weighted by atomic mass is 32.1. The third-order valence-corrected chi connectivity index (χ3v) is 2.61. The van der Waals surface area contributed by atoms with Gasteiger partial charge in [0.1, 0.15) is 11.3 Å². The van der Waals surface area contributed by atoms with Gasteiger partial charge in [-0.2, -0.15) is 5.10 Å². The van der Waals surface area contributed by atoms with Crippen molar-refractivity contribution in [3.8, 4) is 0 Å². The van der Waals surface area contributed by atoms with Crippen LogP contribution in [0.4, 0.5) is 5.00 Å². The topological polar surface area (TPSA) is 92.9 Å². The molecule has 0 spiro atoms. The van der Waals surface area contributed by atoms with Crippen LogP contribution in [-0.4, -0.2) is 30.8 Å². The summed E-state index contributed by atoms with van der Waals surface area (Å²) in [6.07, 6.45) is 1.59. The number of aromatic carboxylic acids is 1. The van der Waals surface area contributed by atoms with Crippen molar-refractivity contribution < 1.29 is 9.90 Å². The van der Waals surface area contributed by atoms with Gasteiger partial charge in [-0.05, 0) is 0 Å². The summed E-state index contributed by atoms with van der Waals surface area (Å²) in [6, 6.07) is 0. The minimum absolute atomic E-state index is 0.0286. The van der Waals surface area contributed by atoms with Gasteiger partial charge in [-0.15, -0.1) is 11.3 Å². The quantitative estimate of drug-likeness (QED) is 0.810. The first-order valence-electron chi connectivity index (χ1n) is 4.42. The van der Waals surface area contributed by atoms with E-state index >= 15 is 0 Å². The van der Waals surface area contributed by atoms with Crippen molar-refractivity contribution in [2.24, 2.45) is 7.05 Å². The van der Waals surface area contributed by atoms with Gasteiger partial charge in [0.15, 0.2) is 11.5 Å². The van der Waals surface area contributed by atoms with Crippen molar-refractivity contribution in [1.82, 2.24) is 19.7 Å². The monoisotopic (exact) mass is 239 g/mol. The molecule has 0 unspecified atom stereocenters. The number of aryl methyl sites for hydroxylation is 1. The van der Waals surface area contributed by atoms with Gasteiger partial charge >= 0.3 is 5.97 Å². The van der Waals surface area contributed by atoms with Crippen molar-refractivity contribution in [2.75, 3.05) is 5.32 Å². The van der Waals surface area contributed by atoms with E-state index in [1.165, 1.54) is 16.8 Å². The van der Waals surface area contributed by atoms with Gasteiger partial charge in [-0.3, -0.25) is 4.68 Å². The fraction of sp³-hybridized carbons (Fsp3) is 0.250. The smallest absolute Gasteiger partial charge is 0.357 e. The summed E-state index contributed by atoms with van der Waals surface area (Å²) in [4.78, 5) is 18.5. The predicted octanol–water partition coefficient (Wildman–Crippen LogP) is 0.582. The van der Waals surface area contributed by atoms with Crippen molar-refractivity contribution in [1.29, 1.82) is 0 Å². The normalized spacial score (nSPS) is 10.3. The fourth-order valence-corrected chi connectivity index (χ4v) is 1.82. The van der Waals surface area contributed by atoms with Gasteiger partial charge in [0.05, 0.1) is 12.1 Å². The second-order valence-electron chi connectivity index (χ2n) is 3.02. The molecular weight excluding hydrogens is 230 g/mol. The standard InChI is InChI=1S/C8H9N5O2S/c1-13-3-10-5(12-13)2-9-7-6(8(14)15)11-4-16-7/h3-4,9H,2H2,1H3,(H,14,15). The molecule has 2 rings (SSSR count). The van der Waals surface area contributed by atoms with Gasteiger partial charge in [0.25, 0.3) is 0 Å². The Morgan fingerprint density at radius 1 is 1.62 bits per heavy atom. The fourth-order valence-electron chi connectivity index (χ4n) is 1.15. The lowest BCUT2D eigenvalue weighted by atomic mass is 10.4. The first-order chi connectivity index (χ1) is 7.66. The zero-order chi connectivity index (χ0) is 11.5. The van der Waals surface area contributed by atoms with Crippen LogP contribution in [-0.2, 0) is 13.6 Å². The number of carboxylic acids is 1. The Hall–Kier alpha value is -1.96. The van der Waals surface area contributed by atoms with Crippen molar-refractivity contribution in [2.45, 2.75) is 6.54 Å². The van der Waals surface area contributed by atoms with Crippen LogP contribution in [0.15, 0.2) is 11.8 Å². The highest BCUT2D eigenvalue weighted by molar-refractivity contribution is 7.14. The Bertz CT molecular complexity index is 506. The Balaban J connectivity index is 2.04. The van der Waals surface area contributed by atoms with Crippen LogP contribution in [0, 0.1) is 0 Å². The molecule has 0 amide bonds. The average Bonchev–Trinajstić information content (AvgIpc) is 2.83. The zero-order valence-corrected chi connectivity index (χ0v) is 9.23. The highest BCUT2D eigenvalue weighted by Gasteiger charge is 2.13. The van der Waals surface area contributed by atoms with E-state index in [0.717, 1.165) is 0 Å². The number of aromatic nitrogens is 4. The number of hydrogen-bond acceptors (Lipinski definition) is 6. The van der Waals surface area contributed by atoms with Gasteiger partial charge in [-0.1, -0.05) is 0 Å². The van der Waals surface area contributed by atoms with E-state index in [2.05, 4.69) is 20.4 Å². The Morgan fingerprint density at radius 3 is 3.06 bits per heavy atom. The van der Waals surface area contributed by atoms with E-state index in [1.54, 1.807) is 18.1 Å². The largest absolute Gasteiger partial charge is 0.476 e. The van der Waals surface area contributed by atoms with Crippen LogP contribution in [0.1, 0.15) is 16.3 Å². The van der Waals surface area contributed by atoms with Crippen molar-refractivity contribution in [3.63, 3.8) is 0 Å². The third kappa shape index (κ3) is 2.16. The van der Waals surface area contributed by atoms with Gasteiger partial charge < -0.3 is 10.4 Å². The van der Waals surface area contributed by atoms with Crippen LogP contribution < -0.4 is 5.32 Å². The second kappa shape index (κ2) is 4.27. The molecule has 0 fully saturated rings. The van der Waals surface area contributed by atoms with Crippen LogP contribution >= 0.6 is 11.3 Å². The van der Waals surface area contributed by atoms with Gasteiger partial charge in [-0.25, -0.2) is 14.8 Å². The summed E-state index contributed by atoms with van der Waals surface area (Å²) < 4.78 is 1.59. The van der Waals surface area contributed by atoms with E-state index in [0.29, 0.717) is 17.4 Å². The molecule has 0 saturated heterocycles. The molecule has 16 heavy (non-hydrogen) atoms. The first-order valence-corrected chi connectivity index (χ1v) is 5.30. The van der Waals surface area contributed by atoms with Crippen LogP contribution in [0.5, 0.6) is 0 Å². The molecule has 0 aromatic carbocycles. The SMILES string of the molecule is Cn1cnc(CNc2scnc2C(=O)O)n1. The second-order valence-corrected chi connectivity index (χ2v) is 3.88. The molecule has 0 saturated carbocycles. The molecule has 0 aliphatic rings. The molecule has 2 N–H and O–H groups in total. The van der Waals surface area contributed by atoms with E-state index in [1.807, 2.05) is 0 Å². The number of carbonyl (C=O) groups is 1. The van der Waals surface area contributed by atoms with Crippen molar-refractivity contribution in [3.05, 3.63) is 23.4 Å². The highest BCUT2D eigenvalue weighted by Crippen LogP contribution is 2.20. The average molecular weight is 239 g/mol. The maximum atomic E-state index is 10.8. The minimum atomic E-state index is -1.04. The third-order valence-electron chi connectivity index (χ3n) is 1.82. The molecule has 8 heteroatoms. The molecule has 2 aromatic heterocycles. The molecule has 0 atom stereocenters. The molecule has 0 aliphatic carbocycles. The maximum absolute atomic E-state index is 10.8. The molecule has 84 valence electrons. The number of nitrogens with zero attached hydrogens (tertiary/aromatic N) is 4. The summed E-state index contributed by atoms with van der Waals surface area (Å²) in [5, 5.41) is 16.3. The number of carboxylic acid groups (broad SMARTS) is 1. The molecule has 0 aliphatic heterocycles. The van der Waals surface area contributed by atoms with E-state index in [-0.39, 0.29) is 5.69 Å². The molecular formula is C8H9N5O2S. The lowest BCUT2D eigenvalue weighted by Crippen LogP contribution is -2.06. The Kier molecular flexibility index (Phi) is 2.82. The van der Waals surface area contributed by atoms with E-state index < -0.39 is 5.97 Å². The number of anilines is 1. The number of nitrogens with one attached hydrogen (secondary N) is 1. The number of hydrogen-bond donors (Lipinski definition) is 2. The van der Waals surface area contributed by atoms with Crippen LogP contribution in [0.25, 0.3) is 0 Å². The molecule has 0 radical (unpaired) electrons. The van der Waals surface area contributed by atoms with Crippen molar-refractivity contribution >= 4 is 22.3 Å². The van der Waals surface area contributed by atoms with Crippen LogP contribution in [0.2, 0.25) is 0 Å². The molecule has 0 bridgehead atoms. The summed E-state index contributed by atoms with van der Waals surface area (Å²) in [5.74, 6) is -0.440. The van der Waals surface area contributed by atoms with Gasteiger partial charge in [0, 0.05) is 7.05 Å². The van der Waals surface area contributed by atoms with Gasteiger partial charge in [0.2, 0.25) is 0 Å². The molecule has 2 aromatic rings. The molecule has 7 nitrogen and oxygen atoms in total. The Labute approximate surface area is 94.8 Å². The zero-order valence-electron chi connectivity index (χ0n) is 8.41. The lowest BCUT2D eigenvalue weighted by molar-refractivity contribution is 0.0692. The number of thiazole rings is 1. The Morgan fingerprint density at radius 2 is 2.44 bits per heavy atom. The summed E-state index contributed by atoms with van der Waals surface area (Å²) >= 11 is 1.24. The van der Waals surface area contributed by atoms with Crippen LogP contribution in [0.3, 0.4) is 0 Å². The molecule has 2 heterocycles. The summed E-state index contributed by atoms with van der Waals surface area (Å²) in [7, 11) is 1.77. The summed E-state index contributed by atoms with van der Waals surface area (Å²) in [5.41, 5.74) is 1.51. The summed E-state index contributed by atoms with van der Waals surface area (Å²) in [6.45, 7) is 0.378. The lowest BCUT2D eigenvalue weighted by Gasteiger charge is -2.00. The maximum Gasteiger partial charge on any atom is 0.357 e. The predicted molar refractivity (Wildman–Crippen MR) is 57.4 cm³/mol. The first kappa shape index (κ1) is 10.6. The van der Waals surface area contributed by atoms with E-state index in [4.69, 9.17) is 5.11 Å².